The highest BCUT2D eigenvalue weighted by Crippen LogP contribution is 2.24. The third kappa shape index (κ3) is 2.85. The third-order valence-corrected chi connectivity index (χ3v) is 2.97. The lowest BCUT2D eigenvalue weighted by Crippen LogP contribution is -2.25. The van der Waals surface area contributed by atoms with E-state index in [1.807, 2.05) is 0 Å². The van der Waals surface area contributed by atoms with Crippen molar-refractivity contribution >= 4 is 27.8 Å². The SMILES string of the molecule is O=C(Cl)CNS(=O)c1c(F)c(F)c(F)c(F)c1F. The molecule has 1 N–H and O–H groups in total. The quantitative estimate of drug-likeness (QED) is 0.399. The molecule has 10 heteroatoms. The van der Waals surface area contributed by atoms with Crippen LogP contribution in [0, 0.1) is 29.1 Å². The van der Waals surface area contributed by atoms with Crippen LogP contribution in [0.5, 0.6) is 0 Å². The van der Waals surface area contributed by atoms with Crippen molar-refractivity contribution in [2.75, 3.05) is 6.54 Å². The summed E-state index contributed by atoms with van der Waals surface area (Å²) in [5.74, 6) is -11.3. The second-order valence-corrected chi connectivity index (χ2v) is 4.50. The summed E-state index contributed by atoms with van der Waals surface area (Å²) in [5, 5.41) is -1.05. The monoisotopic (exact) mass is 307 g/mol. The number of nitrogens with one attached hydrogen (secondary N) is 1. The van der Waals surface area contributed by atoms with Gasteiger partial charge in [-0.3, -0.25) is 4.79 Å². The molecular formula is C8H3ClF5NO2S. The Morgan fingerprint density at radius 2 is 1.39 bits per heavy atom. The largest absolute Gasteiger partial charge is 0.280 e. The lowest BCUT2D eigenvalue weighted by molar-refractivity contribution is -0.110. The highest BCUT2D eigenvalue weighted by molar-refractivity contribution is 7.83. The average molecular weight is 308 g/mol. The first-order valence-electron chi connectivity index (χ1n) is 4.12. The number of carbonyl (C=O) groups excluding carboxylic acids is 1. The number of rotatable bonds is 4. The summed E-state index contributed by atoms with van der Waals surface area (Å²) in [6, 6.07) is 0. The third-order valence-electron chi connectivity index (χ3n) is 1.70. The van der Waals surface area contributed by atoms with E-state index in [-0.39, 0.29) is 0 Å². The molecule has 0 aromatic heterocycles. The molecular weight excluding hydrogens is 305 g/mol. The summed E-state index contributed by atoms with van der Waals surface area (Å²) >= 11 is 4.85. The molecule has 3 nitrogen and oxygen atoms in total. The lowest BCUT2D eigenvalue weighted by atomic mass is 10.3. The van der Waals surface area contributed by atoms with E-state index in [9.17, 15) is 31.0 Å². The van der Waals surface area contributed by atoms with Crippen molar-refractivity contribution < 1.29 is 31.0 Å². The minimum absolute atomic E-state index is 0.770. The fourth-order valence-electron chi connectivity index (χ4n) is 0.942. The predicted octanol–water partition coefficient (Wildman–Crippen LogP) is 1.76. The molecule has 1 unspecified atom stereocenters. The highest BCUT2D eigenvalue weighted by Gasteiger charge is 2.29. The summed E-state index contributed by atoms with van der Waals surface area (Å²) < 4.78 is 77.3. The summed E-state index contributed by atoms with van der Waals surface area (Å²) in [5.41, 5.74) is 0. The van der Waals surface area contributed by atoms with E-state index in [0.717, 1.165) is 0 Å². The number of benzene rings is 1. The first-order chi connectivity index (χ1) is 8.27. The fraction of sp³-hybridized carbons (Fsp3) is 0.125. The molecule has 0 aliphatic carbocycles. The second kappa shape index (κ2) is 5.72. The zero-order chi connectivity index (χ0) is 14.0. The molecule has 0 radical (unpaired) electrons. The molecule has 1 atom stereocenters. The maximum atomic E-state index is 13.1. The molecule has 1 aromatic rings. The van der Waals surface area contributed by atoms with E-state index in [0.29, 0.717) is 0 Å². The Bertz CT molecular complexity index is 510. The van der Waals surface area contributed by atoms with Crippen molar-refractivity contribution in [1.82, 2.24) is 4.72 Å². The Labute approximate surface area is 105 Å². The van der Waals surface area contributed by atoms with Crippen molar-refractivity contribution in [1.29, 1.82) is 0 Å². The topological polar surface area (TPSA) is 46.2 Å². The molecule has 1 rings (SSSR count). The van der Waals surface area contributed by atoms with Gasteiger partial charge in [-0.2, -0.15) is 0 Å². The normalized spacial score (nSPS) is 12.6. The van der Waals surface area contributed by atoms with Gasteiger partial charge in [-0.25, -0.2) is 30.9 Å². The summed E-state index contributed by atoms with van der Waals surface area (Å²) in [7, 11) is -2.81. The van der Waals surface area contributed by atoms with Crippen LogP contribution in [-0.2, 0) is 15.8 Å². The van der Waals surface area contributed by atoms with Crippen LogP contribution in [0.4, 0.5) is 22.0 Å². The van der Waals surface area contributed by atoms with Gasteiger partial charge in [-0.1, -0.05) is 0 Å². The van der Waals surface area contributed by atoms with Gasteiger partial charge in [0.15, 0.2) is 23.3 Å². The van der Waals surface area contributed by atoms with E-state index in [1.165, 1.54) is 0 Å². The van der Waals surface area contributed by atoms with Crippen molar-refractivity contribution in [2.24, 2.45) is 0 Å². The average Bonchev–Trinajstić information content (AvgIpc) is 2.31. The highest BCUT2D eigenvalue weighted by atomic mass is 35.5. The van der Waals surface area contributed by atoms with Gasteiger partial charge >= 0.3 is 0 Å². The first kappa shape index (κ1) is 15.0. The molecule has 0 fully saturated rings. The number of hydrogen-bond donors (Lipinski definition) is 1. The van der Waals surface area contributed by atoms with Gasteiger partial charge in [0.05, 0.1) is 6.54 Å². The molecule has 0 bridgehead atoms. The Morgan fingerprint density at radius 3 is 1.78 bits per heavy atom. The van der Waals surface area contributed by atoms with Gasteiger partial charge in [-0.05, 0) is 11.6 Å². The van der Waals surface area contributed by atoms with E-state index in [2.05, 4.69) is 0 Å². The van der Waals surface area contributed by atoms with Crippen LogP contribution < -0.4 is 4.72 Å². The molecule has 0 aliphatic heterocycles. The van der Waals surface area contributed by atoms with E-state index in [1.54, 1.807) is 4.72 Å². The molecule has 0 aliphatic rings. The first-order valence-corrected chi connectivity index (χ1v) is 5.65. The second-order valence-electron chi connectivity index (χ2n) is 2.84. The van der Waals surface area contributed by atoms with Gasteiger partial charge in [0.25, 0.3) is 0 Å². The molecule has 0 amide bonds. The zero-order valence-corrected chi connectivity index (χ0v) is 9.77. The van der Waals surface area contributed by atoms with Crippen LogP contribution in [0.3, 0.4) is 0 Å². The molecule has 18 heavy (non-hydrogen) atoms. The molecule has 0 heterocycles. The van der Waals surface area contributed by atoms with Crippen LogP contribution in [0.25, 0.3) is 0 Å². The van der Waals surface area contributed by atoms with Crippen molar-refractivity contribution in [3.05, 3.63) is 29.1 Å². The summed E-state index contributed by atoms with van der Waals surface area (Å²) in [4.78, 5) is 8.74. The van der Waals surface area contributed by atoms with Crippen LogP contribution in [0.2, 0.25) is 0 Å². The van der Waals surface area contributed by atoms with Gasteiger partial charge in [-0.15, -0.1) is 0 Å². The van der Waals surface area contributed by atoms with Gasteiger partial charge < -0.3 is 0 Å². The maximum absolute atomic E-state index is 13.1. The molecule has 0 spiro atoms. The maximum Gasteiger partial charge on any atom is 0.236 e. The molecule has 0 saturated carbocycles. The molecule has 100 valence electrons. The van der Waals surface area contributed by atoms with Crippen molar-refractivity contribution in [3.63, 3.8) is 0 Å². The standard InChI is InChI=1S/C8H3ClF5NO2S/c9-2(16)1-15-18(17)8-6(13)4(11)3(10)5(12)7(8)14/h15H,1H2. The van der Waals surface area contributed by atoms with Gasteiger partial charge in [0.1, 0.15) is 15.9 Å². The van der Waals surface area contributed by atoms with Crippen molar-refractivity contribution in [2.45, 2.75) is 4.90 Å². The number of carbonyl (C=O) groups is 1. The Morgan fingerprint density at radius 1 is 1.00 bits per heavy atom. The number of hydrogen-bond acceptors (Lipinski definition) is 2. The Kier molecular flexibility index (Phi) is 4.77. The number of halogens is 6. The van der Waals surface area contributed by atoms with Crippen LogP contribution >= 0.6 is 11.6 Å². The molecule has 1 aromatic carbocycles. The minimum atomic E-state index is -2.81. The predicted molar refractivity (Wildman–Crippen MR) is 51.5 cm³/mol. The summed E-state index contributed by atoms with van der Waals surface area (Å²) in [6.45, 7) is -0.770. The minimum Gasteiger partial charge on any atom is -0.280 e. The van der Waals surface area contributed by atoms with E-state index in [4.69, 9.17) is 11.6 Å². The fourth-order valence-corrected chi connectivity index (χ4v) is 2.00. The summed E-state index contributed by atoms with van der Waals surface area (Å²) in [6.07, 6.45) is 0. The Balaban J connectivity index is 3.24. The lowest BCUT2D eigenvalue weighted by Gasteiger charge is -2.07. The van der Waals surface area contributed by atoms with Crippen LogP contribution in [-0.4, -0.2) is 16.0 Å². The van der Waals surface area contributed by atoms with Gasteiger partial charge in [0.2, 0.25) is 11.1 Å². The van der Waals surface area contributed by atoms with Crippen LogP contribution in [0.15, 0.2) is 4.90 Å². The van der Waals surface area contributed by atoms with Crippen LogP contribution in [0.1, 0.15) is 0 Å². The van der Waals surface area contributed by atoms with E-state index >= 15 is 0 Å². The van der Waals surface area contributed by atoms with E-state index < -0.39 is 56.8 Å². The van der Waals surface area contributed by atoms with Crippen molar-refractivity contribution in [3.8, 4) is 0 Å². The van der Waals surface area contributed by atoms with Gasteiger partial charge in [0, 0.05) is 0 Å². The zero-order valence-electron chi connectivity index (χ0n) is 8.20. The Hall–Kier alpha value is -1.06. The smallest absolute Gasteiger partial charge is 0.236 e. The molecule has 0 saturated heterocycles.